The van der Waals surface area contributed by atoms with Gasteiger partial charge in [-0.05, 0) is 83.3 Å². The van der Waals surface area contributed by atoms with Crippen LogP contribution in [0.2, 0.25) is 0 Å². The summed E-state index contributed by atoms with van der Waals surface area (Å²) in [5.74, 6) is 28.3. The molecule has 0 amide bonds. The van der Waals surface area contributed by atoms with Crippen molar-refractivity contribution in [1.29, 1.82) is 0 Å². The number of nitrogens with one attached hydrogen (secondary N) is 2. The van der Waals surface area contributed by atoms with Gasteiger partial charge in [-0.3, -0.25) is 10.2 Å². The van der Waals surface area contributed by atoms with Crippen LogP contribution in [0.5, 0.6) is 0 Å². The van der Waals surface area contributed by atoms with Crippen LogP contribution in [-0.2, 0) is 0 Å². The summed E-state index contributed by atoms with van der Waals surface area (Å²) >= 11 is 4.55. The van der Waals surface area contributed by atoms with Gasteiger partial charge in [0.25, 0.3) is 0 Å². The molecule has 0 spiro atoms. The second kappa shape index (κ2) is 13.3. The van der Waals surface area contributed by atoms with Crippen LogP contribution in [0.1, 0.15) is 0 Å². The molecule has 0 unspecified atom stereocenters. The zero-order valence-corrected chi connectivity index (χ0v) is 10.9. The van der Waals surface area contributed by atoms with Gasteiger partial charge in [-0.1, -0.05) is 0 Å². The first-order valence-electron chi connectivity index (χ1n) is 4.80. The monoisotopic (exact) mass is 271 g/mol. The zero-order valence-electron chi connectivity index (χ0n) is 10.1. The Morgan fingerprint density at radius 3 is 1.40 bits per heavy atom. The molecule has 0 saturated heterocycles. The van der Waals surface area contributed by atoms with E-state index in [9.17, 15) is 0 Å². The quantitative estimate of drug-likeness (QED) is 0.540. The van der Waals surface area contributed by atoms with Crippen molar-refractivity contribution < 1.29 is 0 Å². The Morgan fingerprint density at radius 1 is 0.800 bits per heavy atom. The smallest absolute Gasteiger partial charge is 0.213 e. The van der Waals surface area contributed by atoms with Crippen LogP contribution in [0.25, 0.3) is 0 Å². The predicted octanol–water partition coefficient (Wildman–Crippen LogP) is 0.737. The molecule has 3 nitrogen and oxygen atoms in total. The van der Waals surface area contributed by atoms with Crippen molar-refractivity contribution in [3.63, 3.8) is 0 Å². The largest absolute Gasteiger partial charge is 0.288 e. The Bertz CT molecular complexity index is 804. The van der Waals surface area contributed by atoms with Gasteiger partial charge < -0.3 is 0 Å². The second-order valence-electron chi connectivity index (χ2n) is 2.37. The van der Waals surface area contributed by atoms with Crippen LogP contribution in [-0.4, -0.2) is 15.2 Å². The van der Waals surface area contributed by atoms with Crippen molar-refractivity contribution in [1.82, 2.24) is 15.2 Å². The summed E-state index contributed by atoms with van der Waals surface area (Å²) in [6.45, 7) is 0. The van der Waals surface area contributed by atoms with E-state index in [2.05, 4.69) is 98.4 Å². The third-order valence-electron chi connectivity index (χ3n) is 1.13. The zero-order chi connectivity index (χ0) is 14.9. The van der Waals surface area contributed by atoms with Crippen molar-refractivity contribution in [3.05, 3.63) is 11.1 Å². The normalized spacial score (nSPS) is 5.10. The average Bonchev–Trinajstić information content (AvgIpc) is 2.93. The fourth-order valence-corrected chi connectivity index (χ4v) is 0.651. The number of aromatic nitrogens is 3. The molecule has 0 aliphatic heterocycles. The van der Waals surface area contributed by atoms with E-state index in [1.807, 2.05) is 0 Å². The molecule has 0 saturated carbocycles. The highest BCUT2D eigenvalue weighted by Crippen LogP contribution is 1.66. The molecule has 0 radical (unpaired) electrons. The number of hydrogen-bond donors (Lipinski definition) is 2. The number of terminal acetylenes is 2. The van der Waals surface area contributed by atoms with Gasteiger partial charge >= 0.3 is 0 Å². The summed E-state index contributed by atoms with van der Waals surface area (Å²) in [4.78, 5) is 3.62. The first-order valence-corrected chi connectivity index (χ1v) is 5.21. The lowest BCUT2D eigenvalue weighted by molar-refractivity contribution is 1.08. The molecular weight excluding hydrogens is 266 g/mol. The number of nitrogens with zero attached hydrogens (tertiary/aromatic N) is 1. The molecule has 4 heteroatoms. The van der Waals surface area contributed by atoms with E-state index in [0.29, 0.717) is 4.77 Å². The van der Waals surface area contributed by atoms with Crippen molar-refractivity contribution in [2.75, 3.05) is 0 Å². The van der Waals surface area contributed by atoms with Gasteiger partial charge in [-0.2, -0.15) is 0 Å². The van der Waals surface area contributed by atoms with E-state index >= 15 is 0 Å². The fraction of sp³-hybridized carbons (Fsp3) is 0. The highest BCUT2D eigenvalue weighted by molar-refractivity contribution is 7.71. The van der Waals surface area contributed by atoms with Gasteiger partial charge in [0.2, 0.25) is 4.77 Å². The molecule has 0 fully saturated rings. The summed E-state index contributed by atoms with van der Waals surface area (Å²) in [7, 11) is 0. The van der Waals surface area contributed by atoms with E-state index in [4.69, 9.17) is 12.8 Å². The standard InChI is InChI=1S/C14H2.C2H3N3S/c1-3-5-7-9-11-13-14-12-10-8-6-4-2;6-2-3-1-4-5-2/h1-2H;1H,(H2,3,4,5,6). The average molecular weight is 271 g/mol. The highest BCUT2D eigenvalue weighted by atomic mass is 32.1. The van der Waals surface area contributed by atoms with Crippen LogP contribution in [0.15, 0.2) is 6.33 Å². The molecule has 90 valence electrons. The molecule has 1 aromatic heterocycles. The van der Waals surface area contributed by atoms with Crippen LogP contribution in [0.3, 0.4) is 0 Å². The van der Waals surface area contributed by atoms with Gasteiger partial charge in [0, 0.05) is 0 Å². The van der Waals surface area contributed by atoms with E-state index in [-0.39, 0.29) is 0 Å². The summed E-state index contributed by atoms with van der Waals surface area (Å²) < 4.78 is 0.495. The Morgan fingerprint density at radius 2 is 1.20 bits per heavy atom. The molecule has 0 atom stereocenters. The summed E-state index contributed by atoms with van der Waals surface area (Å²) in [6.07, 6.45) is 11.2. The minimum absolute atomic E-state index is 0.495. The Labute approximate surface area is 123 Å². The Balaban J connectivity index is 0.000000493. The maximum absolute atomic E-state index is 4.86. The maximum Gasteiger partial charge on any atom is 0.213 e. The SMILES string of the molecule is C#CC#CC#CC#CC#CC#CC#C.S=c1nc[nH][nH]1. The molecule has 20 heavy (non-hydrogen) atoms. The molecular formula is C16H5N3S. The molecule has 1 heterocycles. The van der Waals surface area contributed by atoms with E-state index in [0.717, 1.165) is 0 Å². The maximum atomic E-state index is 4.86. The van der Waals surface area contributed by atoms with Crippen LogP contribution in [0, 0.1) is 88.7 Å². The summed E-state index contributed by atoms with van der Waals surface area (Å²) in [5.41, 5.74) is 0. The first kappa shape index (κ1) is 16.3. The Hall–Kier alpha value is -3.72. The van der Waals surface area contributed by atoms with Gasteiger partial charge in [0.05, 0.1) is 0 Å². The van der Waals surface area contributed by atoms with Gasteiger partial charge in [0.1, 0.15) is 6.33 Å². The van der Waals surface area contributed by atoms with Crippen LogP contribution < -0.4 is 0 Å². The van der Waals surface area contributed by atoms with E-state index in [1.54, 1.807) is 0 Å². The lowest BCUT2D eigenvalue weighted by Gasteiger charge is -1.55. The third-order valence-corrected chi connectivity index (χ3v) is 1.34. The van der Waals surface area contributed by atoms with Gasteiger partial charge in [-0.25, -0.2) is 4.98 Å². The molecule has 0 aromatic carbocycles. The lowest BCUT2D eigenvalue weighted by Crippen LogP contribution is -1.59. The number of rotatable bonds is 0. The van der Waals surface area contributed by atoms with Crippen molar-refractivity contribution in [2.45, 2.75) is 0 Å². The van der Waals surface area contributed by atoms with Gasteiger partial charge in [-0.15, -0.1) is 12.8 Å². The van der Waals surface area contributed by atoms with Crippen molar-refractivity contribution in [3.8, 4) is 83.9 Å². The third kappa shape index (κ3) is 12.4. The number of aromatic amines is 2. The molecule has 2 N–H and O–H groups in total. The molecule has 0 bridgehead atoms. The summed E-state index contributed by atoms with van der Waals surface area (Å²) in [6, 6.07) is 0. The van der Waals surface area contributed by atoms with Crippen LogP contribution >= 0.6 is 12.2 Å². The highest BCUT2D eigenvalue weighted by Gasteiger charge is 1.66. The molecule has 1 rings (SSSR count). The second-order valence-corrected chi connectivity index (χ2v) is 2.76. The van der Waals surface area contributed by atoms with Crippen LogP contribution in [0.4, 0.5) is 0 Å². The molecule has 0 aliphatic rings. The minimum Gasteiger partial charge on any atom is -0.288 e. The van der Waals surface area contributed by atoms with Crippen molar-refractivity contribution in [2.24, 2.45) is 0 Å². The fourth-order valence-electron chi connectivity index (χ4n) is 0.539. The minimum atomic E-state index is 0.495. The van der Waals surface area contributed by atoms with E-state index < -0.39 is 0 Å². The predicted molar refractivity (Wildman–Crippen MR) is 80.3 cm³/mol. The number of hydrogen-bond acceptors (Lipinski definition) is 2. The molecule has 0 aliphatic carbocycles. The summed E-state index contributed by atoms with van der Waals surface area (Å²) in [5, 5.41) is 5.17. The Kier molecular flexibility index (Phi) is 10.9. The van der Waals surface area contributed by atoms with Gasteiger partial charge in [0.15, 0.2) is 0 Å². The van der Waals surface area contributed by atoms with Crippen molar-refractivity contribution >= 4 is 12.2 Å². The number of H-pyrrole nitrogens is 2. The molecule has 1 aromatic rings. The topological polar surface area (TPSA) is 44.5 Å². The first-order chi connectivity index (χ1) is 9.81. The van der Waals surface area contributed by atoms with E-state index in [1.165, 1.54) is 6.33 Å². The lowest BCUT2D eigenvalue weighted by atomic mass is 10.5.